The molecule has 6 nitrogen and oxygen atoms in total. The number of halogens is 1. The van der Waals surface area contributed by atoms with E-state index in [1.54, 1.807) is 47.4 Å². The summed E-state index contributed by atoms with van der Waals surface area (Å²) in [5.41, 5.74) is 1.88. The van der Waals surface area contributed by atoms with E-state index >= 15 is 0 Å². The van der Waals surface area contributed by atoms with Gasteiger partial charge in [0.2, 0.25) is 5.91 Å². The summed E-state index contributed by atoms with van der Waals surface area (Å²) >= 11 is 6.13. The first-order valence-electron chi connectivity index (χ1n) is 8.80. The van der Waals surface area contributed by atoms with Crippen LogP contribution in [0.25, 0.3) is 0 Å². The normalized spacial score (nSPS) is 16.2. The molecule has 1 saturated heterocycles. The van der Waals surface area contributed by atoms with Crippen LogP contribution in [0.5, 0.6) is 5.75 Å². The number of nitrogens with zero attached hydrogens (tertiary/aromatic N) is 1. The van der Waals surface area contributed by atoms with E-state index < -0.39 is 11.9 Å². The molecule has 28 heavy (non-hydrogen) atoms. The van der Waals surface area contributed by atoms with E-state index in [0.717, 1.165) is 5.56 Å². The summed E-state index contributed by atoms with van der Waals surface area (Å²) in [6, 6.07) is 11.8. The number of amides is 1. The molecule has 0 N–H and O–H groups in total. The molecule has 146 valence electrons. The fourth-order valence-electron chi connectivity index (χ4n) is 3.10. The molecule has 3 rings (SSSR count). The second-order valence-electron chi connectivity index (χ2n) is 6.55. The van der Waals surface area contributed by atoms with Crippen molar-refractivity contribution in [3.63, 3.8) is 0 Å². The Hall–Kier alpha value is -2.86. The standard InChI is InChI=1S/C21H20ClNO5/c1-13-17(22)4-3-5-18(13)23-11-15(10-20(23)25)21(26)28-12-19(24)14-6-8-16(27-2)9-7-14/h3-9,15H,10-12H2,1-2H3/t15-/m0/s1. The smallest absolute Gasteiger partial charge is 0.311 e. The molecule has 2 aromatic rings. The number of hydrogen-bond acceptors (Lipinski definition) is 5. The average Bonchev–Trinajstić information content (AvgIpc) is 3.09. The van der Waals surface area contributed by atoms with Gasteiger partial charge < -0.3 is 14.4 Å². The lowest BCUT2D eigenvalue weighted by molar-refractivity contribution is -0.147. The van der Waals surface area contributed by atoms with E-state index in [-0.39, 0.29) is 31.3 Å². The first kappa shape index (κ1) is 19.9. The maximum absolute atomic E-state index is 12.4. The highest BCUT2D eigenvalue weighted by molar-refractivity contribution is 6.31. The third-order valence-electron chi connectivity index (χ3n) is 4.75. The van der Waals surface area contributed by atoms with Gasteiger partial charge in [0.25, 0.3) is 0 Å². The molecular formula is C21H20ClNO5. The largest absolute Gasteiger partial charge is 0.497 e. The van der Waals surface area contributed by atoms with Crippen molar-refractivity contribution in [2.75, 3.05) is 25.2 Å². The lowest BCUT2D eigenvalue weighted by Crippen LogP contribution is -2.27. The molecule has 0 spiro atoms. The molecule has 0 aromatic heterocycles. The maximum atomic E-state index is 12.4. The molecule has 0 aliphatic carbocycles. The van der Waals surface area contributed by atoms with Gasteiger partial charge in [-0.25, -0.2) is 0 Å². The molecule has 1 atom stereocenters. The van der Waals surface area contributed by atoms with Gasteiger partial charge >= 0.3 is 5.97 Å². The van der Waals surface area contributed by atoms with Crippen molar-refractivity contribution in [3.05, 3.63) is 58.6 Å². The number of methoxy groups -OCH3 is 1. The number of anilines is 1. The molecule has 2 aromatic carbocycles. The highest BCUT2D eigenvalue weighted by Gasteiger charge is 2.37. The van der Waals surface area contributed by atoms with Crippen LogP contribution in [0.2, 0.25) is 5.02 Å². The van der Waals surface area contributed by atoms with E-state index in [2.05, 4.69) is 0 Å². The minimum Gasteiger partial charge on any atom is -0.497 e. The molecule has 0 saturated carbocycles. The minimum absolute atomic E-state index is 0.0432. The third-order valence-corrected chi connectivity index (χ3v) is 5.16. The lowest BCUT2D eigenvalue weighted by atomic mass is 10.1. The van der Waals surface area contributed by atoms with Crippen molar-refractivity contribution in [1.29, 1.82) is 0 Å². The van der Waals surface area contributed by atoms with Crippen LogP contribution in [0.15, 0.2) is 42.5 Å². The van der Waals surface area contributed by atoms with Crippen molar-refractivity contribution >= 4 is 34.9 Å². The fourth-order valence-corrected chi connectivity index (χ4v) is 3.27. The van der Waals surface area contributed by atoms with E-state index in [0.29, 0.717) is 22.0 Å². The Morgan fingerprint density at radius 2 is 1.89 bits per heavy atom. The molecule has 0 bridgehead atoms. The number of esters is 1. The number of ketones is 1. The average molecular weight is 402 g/mol. The zero-order chi connectivity index (χ0) is 20.3. The van der Waals surface area contributed by atoms with Gasteiger partial charge in [-0.15, -0.1) is 0 Å². The molecule has 1 heterocycles. The molecule has 1 fully saturated rings. The summed E-state index contributed by atoms with van der Waals surface area (Å²) in [7, 11) is 1.54. The van der Waals surface area contributed by atoms with E-state index in [9.17, 15) is 14.4 Å². The Balaban J connectivity index is 1.60. The molecule has 0 radical (unpaired) electrons. The Morgan fingerprint density at radius 3 is 2.57 bits per heavy atom. The van der Waals surface area contributed by atoms with E-state index in [1.807, 2.05) is 6.92 Å². The fraction of sp³-hybridized carbons (Fsp3) is 0.286. The number of Topliss-reactive ketones (excluding diaryl/α,β-unsaturated/α-hetero) is 1. The van der Waals surface area contributed by atoms with Gasteiger partial charge in [0.1, 0.15) is 5.75 Å². The molecule has 0 unspecified atom stereocenters. The highest BCUT2D eigenvalue weighted by atomic mass is 35.5. The van der Waals surface area contributed by atoms with Crippen LogP contribution in [0.3, 0.4) is 0 Å². The number of hydrogen-bond donors (Lipinski definition) is 0. The summed E-state index contributed by atoms with van der Waals surface area (Å²) in [4.78, 5) is 38.5. The summed E-state index contributed by atoms with van der Waals surface area (Å²) in [6.07, 6.45) is 0.0432. The predicted molar refractivity (Wildman–Crippen MR) is 105 cm³/mol. The second-order valence-corrected chi connectivity index (χ2v) is 6.96. The molecule has 1 amide bonds. The summed E-state index contributed by atoms with van der Waals surface area (Å²) < 4.78 is 10.2. The monoisotopic (exact) mass is 401 g/mol. The summed E-state index contributed by atoms with van der Waals surface area (Å²) in [5, 5.41) is 0.557. The van der Waals surface area contributed by atoms with Crippen molar-refractivity contribution in [3.8, 4) is 5.75 Å². The van der Waals surface area contributed by atoms with Gasteiger partial charge in [0.15, 0.2) is 12.4 Å². The topological polar surface area (TPSA) is 72.9 Å². The van der Waals surface area contributed by atoms with Crippen LogP contribution < -0.4 is 9.64 Å². The van der Waals surface area contributed by atoms with Crippen LogP contribution in [-0.2, 0) is 14.3 Å². The van der Waals surface area contributed by atoms with Gasteiger partial charge in [-0.1, -0.05) is 17.7 Å². The predicted octanol–water partition coefficient (Wildman–Crippen LogP) is 3.44. The van der Waals surface area contributed by atoms with Crippen molar-refractivity contribution in [2.24, 2.45) is 5.92 Å². The molecule has 1 aliphatic rings. The summed E-state index contributed by atoms with van der Waals surface area (Å²) in [6.45, 7) is 1.66. The van der Waals surface area contributed by atoms with Gasteiger partial charge in [0.05, 0.1) is 13.0 Å². The molecule has 1 aliphatic heterocycles. The number of carbonyl (C=O) groups excluding carboxylic acids is 3. The summed E-state index contributed by atoms with van der Waals surface area (Å²) in [5.74, 6) is -1.03. The van der Waals surface area contributed by atoms with E-state index in [4.69, 9.17) is 21.1 Å². The lowest BCUT2D eigenvalue weighted by Gasteiger charge is -2.19. The third kappa shape index (κ3) is 4.17. The van der Waals surface area contributed by atoms with Gasteiger partial charge in [-0.05, 0) is 48.9 Å². The Bertz CT molecular complexity index is 910. The Labute approximate surface area is 168 Å². The first-order valence-corrected chi connectivity index (χ1v) is 9.18. The Kier molecular flexibility index (Phi) is 5.99. The van der Waals surface area contributed by atoms with Gasteiger partial charge in [-0.3, -0.25) is 14.4 Å². The SMILES string of the molecule is COc1ccc(C(=O)COC(=O)[C@H]2CC(=O)N(c3cccc(Cl)c3C)C2)cc1. The number of carbonyl (C=O) groups is 3. The second kappa shape index (κ2) is 8.44. The van der Waals surface area contributed by atoms with Crippen LogP contribution in [-0.4, -0.2) is 37.9 Å². The molecular weight excluding hydrogens is 382 g/mol. The molecule has 7 heteroatoms. The minimum atomic E-state index is -0.616. The highest BCUT2D eigenvalue weighted by Crippen LogP contribution is 2.31. The van der Waals surface area contributed by atoms with Crippen LogP contribution in [0.4, 0.5) is 5.69 Å². The van der Waals surface area contributed by atoms with Crippen molar-refractivity contribution in [2.45, 2.75) is 13.3 Å². The quantitative estimate of drug-likeness (QED) is 0.547. The zero-order valence-corrected chi connectivity index (χ0v) is 16.4. The number of ether oxygens (including phenoxy) is 2. The maximum Gasteiger partial charge on any atom is 0.311 e. The van der Waals surface area contributed by atoms with Crippen molar-refractivity contribution < 1.29 is 23.9 Å². The van der Waals surface area contributed by atoms with Crippen LogP contribution >= 0.6 is 11.6 Å². The van der Waals surface area contributed by atoms with Crippen LogP contribution in [0, 0.1) is 12.8 Å². The van der Waals surface area contributed by atoms with Crippen molar-refractivity contribution in [1.82, 2.24) is 0 Å². The first-order chi connectivity index (χ1) is 13.4. The Morgan fingerprint density at radius 1 is 1.18 bits per heavy atom. The zero-order valence-electron chi connectivity index (χ0n) is 15.6. The van der Waals surface area contributed by atoms with Crippen LogP contribution in [0.1, 0.15) is 22.3 Å². The number of rotatable bonds is 6. The van der Waals surface area contributed by atoms with E-state index in [1.165, 1.54) is 7.11 Å². The van der Waals surface area contributed by atoms with Gasteiger partial charge in [-0.2, -0.15) is 0 Å². The number of benzene rings is 2. The van der Waals surface area contributed by atoms with Gasteiger partial charge in [0, 0.05) is 29.2 Å².